The Morgan fingerprint density at radius 2 is 1.79 bits per heavy atom. The third-order valence-corrected chi connectivity index (χ3v) is 3.62. The zero-order valence-electron chi connectivity index (χ0n) is 14.5. The highest BCUT2D eigenvalue weighted by Gasteiger charge is 2.39. The predicted octanol–water partition coefficient (Wildman–Crippen LogP) is 2.70. The highest BCUT2D eigenvalue weighted by molar-refractivity contribution is 6.03. The molecule has 0 amide bonds. The van der Waals surface area contributed by atoms with Crippen LogP contribution >= 0.6 is 0 Å². The maximum atomic E-state index is 13.4. The Kier molecular flexibility index (Phi) is 6.44. The fourth-order valence-electron chi connectivity index (χ4n) is 2.48. The lowest BCUT2D eigenvalue weighted by molar-refractivity contribution is -0.141. The van der Waals surface area contributed by atoms with Gasteiger partial charge in [-0.05, 0) is 12.1 Å². The Morgan fingerprint density at radius 1 is 1.14 bits per heavy atom. The Morgan fingerprint density at radius 3 is 2.32 bits per heavy atom. The number of anilines is 1. The molecule has 154 valence electrons. The Balaban J connectivity index is 2.70. The van der Waals surface area contributed by atoms with Gasteiger partial charge in [-0.15, -0.1) is 0 Å². The maximum Gasteiger partial charge on any atom is 0.418 e. The summed E-state index contributed by atoms with van der Waals surface area (Å²) in [5.74, 6) is -2.76. The minimum atomic E-state index is -4.91. The molecule has 0 fully saturated rings. The number of hydrogen-bond acceptors (Lipinski definition) is 7. The molecule has 0 radical (unpaired) electrons. The van der Waals surface area contributed by atoms with Crippen LogP contribution in [0.2, 0.25) is 0 Å². The van der Waals surface area contributed by atoms with Crippen molar-refractivity contribution in [1.29, 1.82) is 0 Å². The van der Waals surface area contributed by atoms with E-state index < -0.39 is 66.3 Å². The van der Waals surface area contributed by atoms with Crippen LogP contribution in [-0.4, -0.2) is 46.1 Å². The summed E-state index contributed by atoms with van der Waals surface area (Å²) in [7, 11) is 1.96. The third-order valence-electron chi connectivity index (χ3n) is 3.62. The lowest BCUT2D eigenvalue weighted by Gasteiger charge is -2.33. The molecular weight excluding hydrogens is 397 g/mol. The quantitative estimate of drug-likeness (QED) is 0.545. The molecule has 0 saturated heterocycles. The molecule has 0 bridgehead atoms. The fourth-order valence-corrected chi connectivity index (χ4v) is 2.48. The standard InChI is InChI=1S/C16H14F5NO6/c1-25-13(23)9-6-27-7-22(12(9)14(24)26-2)11-5-8(28-15(17)18)3-4-10(11)16(19,20)21/h3-5,15H,6-7H2,1-2H3. The van der Waals surface area contributed by atoms with Crippen molar-refractivity contribution in [3.05, 3.63) is 35.0 Å². The molecule has 0 aromatic heterocycles. The number of hydrogen-bond donors (Lipinski definition) is 0. The molecule has 1 aliphatic rings. The van der Waals surface area contributed by atoms with Crippen LogP contribution in [0, 0.1) is 0 Å². The van der Waals surface area contributed by atoms with E-state index in [1.54, 1.807) is 0 Å². The highest BCUT2D eigenvalue weighted by Crippen LogP contribution is 2.41. The van der Waals surface area contributed by atoms with Gasteiger partial charge in [0.1, 0.15) is 18.2 Å². The number of nitrogens with zero attached hydrogens (tertiary/aromatic N) is 1. The van der Waals surface area contributed by atoms with E-state index in [2.05, 4.69) is 14.2 Å². The van der Waals surface area contributed by atoms with Crippen LogP contribution in [-0.2, 0) is 30.0 Å². The Hall–Kier alpha value is -2.89. The van der Waals surface area contributed by atoms with Crippen molar-refractivity contribution in [3.8, 4) is 5.75 Å². The van der Waals surface area contributed by atoms with Gasteiger partial charge in [0.05, 0.1) is 37.7 Å². The van der Waals surface area contributed by atoms with Gasteiger partial charge in [0.15, 0.2) is 0 Å². The number of carbonyl (C=O) groups excluding carboxylic acids is 2. The van der Waals surface area contributed by atoms with Crippen molar-refractivity contribution in [2.45, 2.75) is 12.8 Å². The van der Waals surface area contributed by atoms with E-state index in [0.717, 1.165) is 14.2 Å². The first-order valence-electron chi connectivity index (χ1n) is 7.51. The number of ether oxygens (including phenoxy) is 4. The minimum Gasteiger partial charge on any atom is -0.466 e. The van der Waals surface area contributed by atoms with Gasteiger partial charge in [0.2, 0.25) is 0 Å². The monoisotopic (exact) mass is 411 g/mol. The Bertz CT molecular complexity index is 792. The summed E-state index contributed by atoms with van der Waals surface area (Å²) in [5.41, 5.74) is -2.98. The van der Waals surface area contributed by atoms with Crippen molar-refractivity contribution in [3.63, 3.8) is 0 Å². The first kappa shape index (κ1) is 21.4. The van der Waals surface area contributed by atoms with Gasteiger partial charge in [0.25, 0.3) is 0 Å². The maximum absolute atomic E-state index is 13.4. The van der Waals surface area contributed by atoms with Crippen molar-refractivity contribution in [2.24, 2.45) is 0 Å². The second-order valence-corrected chi connectivity index (χ2v) is 5.27. The highest BCUT2D eigenvalue weighted by atomic mass is 19.4. The predicted molar refractivity (Wildman–Crippen MR) is 82.4 cm³/mol. The van der Waals surface area contributed by atoms with Gasteiger partial charge in [-0.3, -0.25) is 0 Å². The minimum absolute atomic E-state index is 0.395. The van der Waals surface area contributed by atoms with Crippen molar-refractivity contribution >= 4 is 17.6 Å². The van der Waals surface area contributed by atoms with Gasteiger partial charge in [-0.25, -0.2) is 9.59 Å². The van der Waals surface area contributed by atoms with E-state index >= 15 is 0 Å². The molecule has 1 aliphatic heterocycles. The molecule has 28 heavy (non-hydrogen) atoms. The van der Waals surface area contributed by atoms with E-state index in [-0.39, 0.29) is 0 Å². The van der Waals surface area contributed by atoms with Crippen molar-refractivity contribution in [1.82, 2.24) is 0 Å². The molecule has 0 saturated carbocycles. The summed E-state index contributed by atoms with van der Waals surface area (Å²) in [6.45, 7) is -4.31. The largest absolute Gasteiger partial charge is 0.466 e. The molecular formula is C16H14F5NO6. The van der Waals surface area contributed by atoms with Gasteiger partial charge in [-0.2, -0.15) is 22.0 Å². The molecule has 2 rings (SSSR count). The average Bonchev–Trinajstić information content (AvgIpc) is 2.64. The molecule has 0 atom stereocenters. The second-order valence-electron chi connectivity index (χ2n) is 5.27. The van der Waals surface area contributed by atoms with Crippen LogP contribution < -0.4 is 9.64 Å². The first-order chi connectivity index (χ1) is 13.1. The van der Waals surface area contributed by atoms with E-state index in [4.69, 9.17) is 4.74 Å². The van der Waals surface area contributed by atoms with Crippen LogP contribution in [0.4, 0.5) is 27.6 Å². The third kappa shape index (κ3) is 4.50. The fraction of sp³-hybridized carbons (Fsp3) is 0.375. The first-order valence-corrected chi connectivity index (χ1v) is 7.51. The van der Waals surface area contributed by atoms with Crippen LogP contribution in [0.15, 0.2) is 29.5 Å². The van der Waals surface area contributed by atoms with E-state index in [0.29, 0.717) is 23.1 Å². The van der Waals surface area contributed by atoms with Crippen LogP contribution in [0.3, 0.4) is 0 Å². The average molecular weight is 411 g/mol. The van der Waals surface area contributed by atoms with Crippen LogP contribution in [0.25, 0.3) is 0 Å². The summed E-state index contributed by atoms with van der Waals surface area (Å²) in [5, 5.41) is 0. The molecule has 0 N–H and O–H groups in total. The number of halogens is 5. The molecule has 7 nitrogen and oxygen atoms in total. The van der Waals surface area contributed by atoms with E-state index in [1.807, 2.05) is 0 Å². The number of carbonyl (C=O) groups is 2. The normalized spacial score (nSPS) is 14.9. The lowest BCUT2D eigenvalue weighted by Crippen LogP contribution is -2.39. The molecule has 0 unspecified atom stereocenters. The lowest BCUT2D eigenvalue weighted by atomic mass is 10.1. The van der Waals surface area contributed by atoms with Crippen LogP contribution in [0.5, 0.6) is 5.75 Å². The number of benzene rings is 1. The van der Waals surface area contributed by atoms with E-state index in [1.165, 1.54) is 0 Å². The van der Waals surface area contributed by atoms with Gasteiger partial charge >= 0.3 is 24.7 Å². The van der Waals surface area contributed by atoms with Crippen molar-refractivity contribution in [2.75, 3.05) is 32.5 Å². The van der Waals surface area contributed by atoms with E-state index in [9.17, 15) is 31.5 Å². The van der Waals surface area contributed by atoms with Crippen molar-refractivity contribution < 1.29 is 50.5 Å². The molecule has 1 aromatic carbocycles. The number of alkyl halides is 5. The number of rotatable bonds is 5. The topological polar surface area (TPSA) is 74.3 Å². The van der Waals surface area contributed by atoms with Gasteiger partial charge in [0, 0.05) is 6.07 Å². The van der Waals surface area contributed by atoms with Gasteiger partial charge in [-0.1, -0.05) is 0 Å². The zero-order chi connectivity index (χ0) is 21.1. The molecule has 1 heterocycles. The SMILES string of the molecule is COC(=O)C1=C(C(=O)OC)N(c2cc(OC(F)F)ccc2C(F)(F)F)COC1. The molecule has 0 spiro atoms. The summed E-state index contributed by atoms with van der Waals surface area (Å²) in [4.78, 5) is 24.8. The second kappa shape index (κ2) is 8.42. The summed E-state index contributed by atoms with van der Waals surface area (Å²) >= 11 is 0. The summed E-state index contributed by atoms with van der Waals surface area (Å²) < 4.78 is 83.6. The van der Waals surface area contributed by atoms with Crippen LogP contribution in [0.1, 0.15) is 5.56 Å². The Labute approximate surface area is 155 Å². The smallest absolute Gasteiger partial charge is 0.418 e. The van der Waals surface area contributed by atoms with Gasteiger partial charge < -0.3 is 23.8 Å². The molecule has 12 heteroatoms. The number of methoxy groups -OCH3 is 2. The molecule has 1 aromatic rings. The summed E-state index contributed by atoms with van der Waals surface area (Å²) in [6.07, 6.45) is -4.91. The summed E-state index contributed by atoms with van der Waals surface area (Å²) in [6, 6.07) is 1.86. The number of esters is 2. The molecule has 0 aliphatic carbocycles. The zero-order valence-corrected chi connectivity index (χ0v) is 14.5.